The predicted molar refractivity (Wildman–Crippen MR) is 99.5 cm³/mol. The maximum atomic E-state index is 6.51. The lowest BCUT2D eigenvalue weighted by Gasteiger charge is -2.17. The molecule has 21 heavy (non-hydrogen) atoms. The summed E-state index contributed by atoms with van der Waals surface area (Å²) in [5.41, 5.74) is 8.71. The van der Waals surface area contributed by atoms with Crippen LogP contribution in [-0.4, -0.2) is 0 Å². The van der Waals surface area contributed by atoms with E-state index in [2.05, 4.69) is 84.2 Å². The zero-order chi connectivity index (χ0) is 15.0. The van der Waals surface area contributed by atoms with E-state index < -0.39 is 0 Å². The van der Waals surface area contributed by atoms with Gasteiger partial charge in [0.05, 0.1) is 6.04 Å². The van der Waals surface area contributed by atoms with E-state index >= 15 is 0 Å². The molecular weight excluding hydrogens is 458 g/mol. The largest absolute Gasteiger partial charge is 0.320 e. The summed E-state index contributed by atoms with van der Waals surface area (Å²) in [6.07, 6.45) is 0. The van der Waals surface area contributed by atoms with Crippen LogP contribution in [0, 0.1) is 0 Å². The highest BCUT2D eigenvalue weighted by atomic mass is 79.9. The molecular formula is C17H12Br3N. The molecule has 0 aliphatic rings. The minimum atomic E-state index is -0.170. The number of halogens is 3. The zero-order valence-electron chi connectivity index (χ0n) is 11.0. The molecule has 106 valence electrons. The molecule has 3 aromatic rings. The van der Waals surface area contributed by atoms with Crippen LogP contribution in [0.2, 0.25) is 0 Å². The summed E-state index contributed by atoms with van der Waals surface area (Å²) >= 11 is 10.6. The minimum Gasteiger partial charge on any atom is -0.320 e. The van der Waals surface area contributed by atoms with E-state index in [-0.39, 0.29) is 6.04 Å². The average molecular weight is 470 g/mol. The monoisotopic (exact) mass is 467 g/mol. The highest BCUT2D eigenvalue weighted by Crippen LogP contribution is 2.33. The first-order chi connectivity index (χ1) is 10.1. The second-order valence-electron chi connectivity index (χ2n) is 4.86. The van der Waals surface area contributed by atoms with Crippen LogP contribution in [0.5, 0.6) is 0 Å². The molecule has 1 unspecified atom stereocenters. The molecule has 0 saturated heterocycles. The quantitative estimate of drug-likeness (QED) is 0.476. The molecule has 0 heterocycles. The second-order valence-corrected chi connectivity index (χ2v) is 7.55. The third kappa shape index (κ3) is 3.09. The van der Waals surface area contributed by atoms with Crippen LogP contribution in [-0.2, 0) is 0 Å². The van der Waals surface area contributed by atoms with Crippen molar-refractivity contribution >= 4 is 58.6 Å². The molecule has 4 heteroatoms. The lowest BCUT2D eigenvalue weighted by molar-refractivity contribution is 0.878. The minimum absolute atomic E-state index is 0.170. The predicted octanol–water partition coefficient (Wildman–Crippen LogP) is 6.18. The van der Waals surface area contributed by atoms with Gasteiger partial charge in [0.1, 0.15) is 0 Å². The van der Waals surface area contributed by atoms with Crippen LogP contribution in [0.25, 0.3) is 10.8 Å². The SMILES string of the molecule is NC(c1cc(Br)cc(Br)c1)c1ccc(Br)c2ccccc12. The Hall–Kier alpha value is -0.680. The molecule has 0 spiro atoms. The van der Waals surface area contributed by atoms with Crippen molar-refractivity contribution < 1.29 is 0 Å². The first-order valence-electron chi connectivity index (χ1n) is 6.45. The normalized spacial score (nSPS) is 12.6. The fourth-order valence-electron chi connectivity index (χ4n) is 2.49. The van der Waals surface area contributed by atoms with Crippen molar-refractivity contribution in [1.29, 1.82) is 0 Å². The molecule has 2 N–H and O–H groups in total. The summed E-state index contributed by atoms with van der Waals surface area (Å²) in [5.74, 6) is 0. The van der Waals surface area contributed by atoms with E-state index in [0.717, 1.165) is 24.5 Å². The maximum absolute atomic E-state index is 6.51. The number of rotatable bonds is 2. The van der Waals surface area contributed by atoms with E-state index in [9.17, 15) is 0 Å². The van der Waals surface area contributed by atoms with E-state index in [1.165, 1.54) is 10.8 Å². The van der Waals surface area contributed by atoms with Crippen LogP contribution in [0.15, 0.2) is 68.0 Å². The Morgan fingerprint density at radius 2 is 1.38 bits per heavy atom. The molecule has 0 bridgehead atoms. The van der Waals surface area contributed by atoms with Crippen molar-refractivity contribution in [1.82, 2.24) is 0 Å². The molecule has 0 aromatic heterocycles. The molecule has 0 radical (unpaired) electrons. The fourth-order valence-corrected chi connectivity index (χ4v) is 4.30. The van der Waals surface area contributed by atoms with E-state index in [4.69, 9.17) is 5.73 Å². The maximum Gasteiger partial charge on any atom is 0.0558 e. The van der Waals surface area contributed by atoms with Gasteiger partial charge in [-0.05, 0) is 46.2 Å². The van der Waals surface area contributed by atoms with Crippen molar-refractivity contribution in [3.63, 3.8) is 0 Å². The van der Waals surface area contributed by atoms with Crippen LogP contribution < -0.4 is 5.73 Å². The van der Waals surface area contributed by atoms with Gasteiger partial charge in [-0.2, -0.15) is 0 Å². The van der Waals surface area contributed by atoms with Crippen molar-refractivity contribution in [2.75, 3.05) is 0 Å². The van der Waals surface area contributed by atoms with Gasteiger partial charge < -0.3 is 5.73 Å². The van der Waals surface area contributed by atoms with Crippen LogP contribution in [0.4, 0.5) is 0 Å². The van der Waals surface area contributed by atoms with Crippen molar-refractivity contribution in [2.45, 2.75) is 6.04 Å². The van der Waals surface area contributed by atoms with Crippen LogP contribution in [0.1, 0.15) is 17.2 Å². The van der Waals surface area contributed by atoms with Gasteiger partial charge >= 0.3 is 0 Å². The summed E-state index contributed by atoms with van der Waals surface area (Å²) in [7, 11) is 0. The van der Waals surface area contributed by atoms with Crippen molar-refractivity contribution in [3.05, 3.63) is 79.1 Å². The number of hydrogen-bond acceptors (Lipinski definition) is 1. The Morgan fingerprint density at radius 1 is 0.762 bits per heavy atom. The Bertz CT molecular complexity index is 794. The summed E-state index contributed by atoms with van der Waals surface area (Å²) in [6.45, 7) is 0. The molecule has 0 aliphatic heterocycles. The Morgan fingerprint density at radius 3 is 2.05 bits per heavy atom. The van der Waals surface area contributed by atoms with Gasteiger partial charge in [-0.15, -0.1) is 0 Å². The molecule has 0 fully saturated rings. The first-order valence-corrected chi connectivity index (χ1v) is 8.83. The summed E-state index contributed by atoms with van der Waals surface area (Å²) in [6, 6.07) is 18.4. The van der Waals surface area contributed by atoms with Gasteiger partial charge in [-0.3, -0.25) is 0 Å². The van der Waals surface area contributed by atoms with E-state index in [0.29, 0.717) is 0 Å². The molecule has 0 amide bonds. The lowest BCUT2D eigenvalue weighted by Crippen LogP contribution is -2.12. The molecule has 3 rings (SSSR count). The van der Waals surface area contributed by atoms with E-state index in [1.807, 2.05) is 18.2 Å². The summed E-state index contributed by atoms with van der Waals surface area (Å²) in [5, 5.41) is 2.36. The third-order valence-electron chi connectivity index (χ3n) is 3.48. The van der Waals surface area contributed by atoms with Crippen LogP contribution in [0.3, 0.4) is 0 Å². The number of fused-ring (bicyclic) bond motifs is 1. The second kappa shape index (κ2) is 6.21. The van der Waals surface area contributed by atoms with E-state index in [1.54, 1.807) is 0 Å². The molecule has 0 saturated carbocycles. The third-order valence-corrected chi connectivity index (χ3v) is 5.09. The summed E-state index contributed by atoms with van der Waals surface area (Å²) in [4.78, 5) is 0. The highest BCUT2D eigenvalue weighted by Gasteiger charge is 2.14. The van der Waals surface area contributed by atoms with Gasteiger partial charge in [-0.1, -0.05) is 78.1 Å². The molecule has 1 nitrogen and oxygen atoms in total. The molecule has 0 aliphatic carbocycles. The van der Waals surface area contributed by atoms with Gasteiger partial charge in [0.2, 0.25) is 0 Å². The number of benzene rings is 3. The zero-order valence-corrected chi connectivity index (χ0v) is 15.7. The first kappa shape index (κ1) is 15.2. The standard InChI is InChI=1S/C17H12Br3N/c18-11-7-10(8-12(19)9-11)17(21)15-5-6-16(20)14-4-2-1-3-13(14)15/h1-9,17H,21H2. The Balaban J connectivity index is 2.18. The molecule has 1 atom stereocenters. The van der Waals surface area contributed by atoms with Gasteiger partial charge in [0.25, 0.3) is 0 Å². The Labute approximate surface area is 148 Å². The molecule has 3 aromatic carbocycles. The van der Waals surface area contributed by atoms with Crippen LogP contribution >= 0.6 is 47.8 Å². The van der Waals surface area contributed by atoms with Crippen molar-refractivity contribution in [3.8, 4) is 0 Å². The lowest BCUT2D eigenvalue weighted by atomic mass is 9.94. The summed E-state index contributed by atoms with van der Waals surface area (Å²) < 4.78 is 3.12. The number of nitrogens with two attached hydrogens (primary N) is 1. The average Bonchev–Trinajstić information content (AvgIpc) is 2.46. The highest BCUT2D eigenvalue weighted by molar-refractivity contribution is 9.11. The van der Waals surface area contributed by atoms with Crippen molar-refractivity contribution in [2.24, 2.45) is 5.73 Å². The topological polar surface area (TPSA) is 26.0 Å². The number of hydrogen-bond donors (Lipinski definition) is 1. The van der Waals surface area contributed by atoms with Gasteiger partial charge in [0, 0.05) is 13.4 Å². The smallest absolute Gasteiger partial charge is 0.0558 e. The van der Waals surface area contributed by atoms with Gasteiger partial charge in [0.15, 0.2) is 0 Å². The van der Waals surface area contributed by atoms with Gasteiger partial charge in [-0.25, -0.2) is 0 Å². The Kier molecular flexibility index (Phi) is 4.50. The fraction of sp³-hybridized carbons (Fsp3) is 0.0588.